The standard InChI is InChI=1S/C7H5ClN2OS/c1-2-3-9-6(11)7-10-5(8)4-12-7/h1,4H,3H2,(H,9,11). The summed E-state index contributed by atoms with van der Waals surface area (Å²) in [5, 5.41) is 4.72. The van der Waals surface area contributed by atoms with Crippen LogP contribution >= 0.6 is 22.9 Å². The van der Waals surface area contributed by atoms with Gasteiger partial charge in [0.2, 0.25) is 0 Å². The van der Waals surface area contributed by atoms with E-state index >= 15 is 0 Å². The number of hydrogen-bond donors (Lipinski definition) is 1. The highest BCUT2D eigenvalue weighted by molar-refractivity contribution is 7.12. The molecule has 0 saturated heterocycles. The van der Waals surface area contributed by atoms with Crippen molar-refractivity contribution < 1.29 is 4.79 Å². The third-order valence-corrected chi connectivity index (χ3v) is 2.19. The van der Waals surface area contributed by atoms with Crippen molar-refractivity contribution in [2.24, 2.45) is 0 Å². The van der Waals surface area contributed by atoms with Gasteiger partial charge in [0.25, 0.3) is 5.91 Å². The molecule has 0 unspecified atom stereocenters. The van der Waals surface area contributed by atoms with Gasteiger partial charge >= 0.3 is 0 Å². The number of terminal acetylenes is 1. The van der Waals surface area contributed by atoms with Crippen molar-refractivity contribution in [1.29, 1.82) is 0 Å². The van der Waals surface area contributed by atoms with Crippen LogP contribution in [0.1, 0.15) is 9.80 Å². The molecule has 1 amide bonds. The van der Waals surface area contributed by atoms with Crippen molar-refractivity contribution in [1.82, 2.24) is 10.3 Å². The molecular formula is C7H5ClN2OS. The Hall–Kier alpha value is -1.05. The lowest BCUT2D eigenvalue weighted by Crippen LogP contribution is -2.23. The van der Waals surface area contributed by atoms with Gasteiger partial charge in [0.15, 0.2) is 5.01 Å². The van der Waals surface area contributed by atoms with E-state index in [0.717, 1.165) is 0 Å². The SMILES string of the molecule is C#CCNC(=O)c1nc(Cl)cs1. The summed E-state index contributed by atoms with van der Waals surface area (Å²) >= 11 is 6.70. The molecule has 0 fully saturated rings. The third-order valence-electron chi connectivity index (χ3n) is 1.02. The second-order valence-electron chi connectivity index (χ2n) is 1.86. The average Bonchev–Trinajstić information content (AvgIpc) is 2.47. The van der Waals surface area contributed by atoms with E-state index in [1.807, 2.05) is 0 Å². The van der Waals surface area contributed by atoms with Gasteiger partial charge in [-0.25, -0.2) is 4.98 Å². The number of rotatable bonds is 2. The van der Waals surface area contributed by atoms with Crippen molar-refractivity contribution in [3.63, 3.8) is 0 Å². The van der Waals surface area contributed by atoms with Gasteiger partial charge in [0.1, 0.15) is 5.15 Å². The van der Waals surface area contributed by atoms with E-state index in [1.165, 1.54) is 11.3 Å². The largest absolute Gasteiger partial charge is 0.339 e. The molecule has 5 heteroatoms. The zero-order valence-electron chi connectivity index (χ0n) is 6.00. The van der Waals surface area contributed by atoms with Gasteiger partial charge in [-0.2, -0.15) is 0 Å². The molecule has 0 aromatic carbocycles. The van der Waals surface area contributed by atoms with Crippen LogP contribution in [0.4, 0.5) is 0 Å². The van der Waals surface area contributed by atoms with Gasteiger partial charge in [-0.1, -0.05) is 17.5 Å². The first-order valence-electron chi connectivity index (χ1n) is 3.06. The second kappa shape index (κ2) is 4.10. The molecule has 0 bridgehead atoms. The molecule has 0 saturated carbocycles. The smallest absolute Gasteiger partial charge is 0.281 e. The highest BCUT2D eigenvalue weighted by Crippen LogP contribution is 2.13. The predicted octanol–water partition coefficient (Wildman–Crippen LogP) is 1.16. The van der Waals surface area contributed by atoms with E-state index in [2.05, 4.69) is 16.2 Å². The summed E-state index contributed by atoms with van der Waals surface area (Å²) in [5.74, 6) is 2.00. The fourth-order valence-corrected chi connectivity index (χ4v) is 1.43. The van der Waals surface area contributed by atoms with Crippen LogP contribution in [-0.4, -0.2) is 17.4 Å². The average molecular weight is 201 g/mol. The Labute approximate surface area is 78.8 Å². The summed E-state index contributed by atoms with van der Waals surface area (Å²) in [6, 6.07) is 0. The third kappa shape index (κ3) is 2.22. The van der Waals surface area contributed by atoms with Crippen LogP contribution in [0.5, 0.6) is 0 Å². The first-order chi connectivity index (χ1) is 5.74. The molecule has 0 atom stereocenters. The Balaban J connectivity index is 2.61. The van der Waals surface area contributed by atoms with Crippen molar-refractivity contribution >= 4 is 28.8 Å². The maximum absolute atomic E-state index is 11.1. The molecule has 3 nitrogen and oxygen atoms in total. The van der Waals surface area contributed by atoms with Crippen LogP contribution in [-0.2, 0) is 0 Å². The highest BCUT2D eigenvalue weighted by atomic mass is 35.5. The lowest BCUT2D eigenvalue weighted by molar-refractivity contribution is 0.0958. The van der Waals surface area contributed by atoms with Crippen molar-refractivity contribution in [3.8, 4) is 12.3 Å². The Kier molecular flexibility index (Phi) is 3.09. The number of halogens is 1. The molecule has 0 aliphatic rings. The molecular weight excluding hydrogens is 196 g/mol. The zero-order chi connectivity index (χ0) is 8.97. The Morgan fingerprint density at radius 3 is 3.17 bits per heavy atom. The number of carbonyl (C=O) groups is 1. The number of aromatic nitrogens is 1. The summed E-state index contributed by atoms with van der Waals surface area (Å²) in [7, 11) is 0. The maximum atomic E-state index is 11.1. The minimum Gasteiger partial charge on any atom is -0.339 e. The summed E-state index contributed by atoms with van der Waals surface area (Å²) in [4.78, 5) is 14.9. The zero-order valence-corrected chi connectivity index (χ0v) is 7.58. The summed E-state index contributed by atoms with van der Waals surface area (Å²) < 4.78 is 0. The van der Waals surface area contributed by atoms with Crippen molar-refractivity contribution in [3.05, 3.63) is 15.5 Å². The Bertz CT molecular complexity index is 328. The van der Waals surface area contributed by atoms with E-state index in [-0.39, 0.29) is 12.5 Å². The number of amides is 1. The maximum Gasteiger partial charge on any atom is 0.281 e. The van der Waals surface area contributed by atoms with Crippen LogP contribution in [0.3, 0.4) is 0 Å². The minimum atomic E-state index is -0.287. The summed E-state index contributed by atoms with van der Waals surface area (Å²) in [6.07, 6.45) is 4.95. The first-order valence-corrected chi connectivity index (χ1v) is 4.32. The molecule has 0 aliphatic heterocycles. The minimum absolute atomic E-state index is 0.204. The first kappa shape index (κ1) is 9.04. The van der Waals surface area contributed by atoms with Gasteiger partial charge in [0, 0.05) is 5.38 Å². The number of hydrogen-bond acceptors (Lipinski definition) is 3. The van der Waals surface area contributed by atoms with E-state index < -0.39 is 0 Å². The number of nitrogens with one attached hydrogen (secondary N) is 1. The van der Waals surface area contributed by atoms with E-state index in [0.29, 0.717) is 10.2 Å². The lowest BCUT2D eigenvalue weighted by Gasteiger charge is -1.94. The highest BCUT2D eigenvalue weighted by Gasteiger charge is 2.08. The van der Waals surface area contributed by atoms with Crippen LogP contribution < -0.4 is 5.32 Å². The van der Waals surface area contributed by atoms with Crippen molar-refractivity contribution in [2.75, 3.05) is 6.54 Å². The van der Waals surface area contributed by atoms with Crippen LogP contribution in [0.2, 0.25) is 5.15 Å². The molecule has 1 rings (SSSR count). The molecule has 0 spiro atoms. The van der Waals surface area contributed by atoms with Crippen LogP contribution in [0.25, 0.3) is 0 Å². The van der Waals surface area contributed by atoms with Gasteiger partial charge in [-0.05, 0) is 0 Å². The van der Waals surface area contributed by atoms with E-state index in [1.54, 1.807) is 5.38 Å². The Morgan fingerprint density at radius 1 is 1.92 bits per heavy atom. The molecule has 0 aliphatic carbocycles. The normalized spacial score (nSPS) is 9.00. The number of carbonyl (C=O) groups excluding carboxylic acids is 1. The van der Waals surface area contributed by atoms with Crippen LogP contribution in [0.15, 0.2) is 5.38 Å². The monoisotopic (exact) mass is 200 g/mol. The molecule has 1 aromatic rings. The quantitative estimate of drug-likeness (QED) is 0.728. The van der Waals surface area contributed by atoms with Gasteiger partial charge < -0.3 is 5.32 Å². The number of thiazole rings is 1. The topological polar surface area (TPSA) is 42.0 Å². The lowest BCUT2D eigenvalue weighted by atomic mass is 10.6. The molecule has 12 heavy (non-hydrogen) atoms. The molecule has 1 N–H and O–H groups in total. The fraction of sp³-hybridized carbons (Fsp3) is 0.143. The molecule has 1 heterocycles. The van der Waals surface area contributed by atoms with Gasteiger partial charge in [0.05, 0.1) is 6.54 Å². The van der Waals surface area contributed by atoms with Crippen molar-refractivity contribution in [2.45, 2.75) is 0 Å². The van der Waals surface area contributed by atoms with Crippen LogP contribution in [0, 0.1) is 12.3 Å². The summed E-state index contributed by atoms with van der Waals surface area (Å²) in [5.41, 5.74) is 0. The van der Waals surface area contributed by atoms with Gasteiger partial charge in [-0.15, -0.1) is 17.8 Å². The summed E-state index contributed by atoms with van der Waals surface area (Å²) in [6.45, 7) is 0.204. The van der Waals surface area contributed by atoms with Gasteiger partial charge in [-0.3, -0.25) is 4.79 Å². The Morgan fingerprint density at radius 2 is 2.67 bits per heavy atom. The molecule has 62 valence electrons. The molecule has 0 radical (unpaired) electrons. The predicted molar refractivity (Wildman–Crippen MR) is 48.3 cm³/mol. The van der Waals surface area contributed by atoms with E-state index in [4.69, 9.17) is 18.0 Å². The fourth-order valence-electron chi connectivity index (χ4n) is 0.565. The second-order valence-corrected chi connectivity index (χ2v) is 3.11. The number of nitrogens with zero attached hydrogens (tertiary/aromatic N) is 1. The molecule has 1 aromatic heterocycles. The van der Waals surface area contributed by atoms with E-state index in [9.17, 15) is 4.79 Å².